The minimum absolute atomic E-state index is 0.164. The van der Waals surface area contributed by atoms with Crippen molar-refractivity contribution in [1.29, 1.82) is 0 Å². The number of carbonyl (C=O) groups is 2. The van der Waals surface area contributed by atoms with Crippen LogP contribution in [0.15, 0.2) is 28.7 Å². The molecule has 1 aliphatic heterocycles. The van der Waals surface area contributed by atoms with Crippen LogP contribution in [0.4, 0.5) is 0 Å². The lowest BCUT2D eigenvalue weighted by Gasteiger charge is -2.17. The fraction of sp³-hybridized carbons (Fsp3) is 0.429. The second-order valence-electron chi connectivity index (χ2n) is 4.85. The fourth-order valence-electron chi connectivity index (χ4n) is 2.11. The van der Waals surface area contributed by atoms with Crippen molar-refractivity contribution in [2.75, 3.05) is 13.2 Å². The molecule has 0 spiro atoms. The predicted octanol–water partition coefficient (Wildman–Crippen LogP) is 0.998. The highest BCUT2D eigenvalue weighted by Crippen LogP contribution is 2.14. The summed E-state index contributed by atoms with van der Waals surface area (Å²) in [6.07, 6.45) is 1.08. The molecule has 1 aliphatic rings. The molecule has 0 bridgehead atoms. The van der Waals surface area contributed by atoms with Crippen molar-refractivity contribution in [3.8, 4) is 0 Å². The zero-order chi connectivity index (χ0) is 14.5. The first kappa shape index (κ1) is 15.0. The highest BCUT2D eigenvalue weighted by atomic mass is 79.9. The van der Waals surface area contributed by atoms with E-state index in [2.05, 4.69) is 21.2 Å². The SMILES string of the molecule is NC(=O)[C@@H](Cc1ccc(Br)cc1)NC(=O)[C@H]1CCOC1. The molecular formula is C14H17BrN2O3. The fourth-order valence-corrected chi connectivity index (χ4v) is 2.37. The molecular weight excluding hydrogens is 324 g/mol. The van der Waals surface area contributed by atoms with Crippen molar-refractivity contribution in [1.82, 2.24) is 5.32 Å². The molecule has 0 aliphatic carbocycles. The van der Waals surface area contributed by atoms with Crippen molar-refractivity contribution in [3.63, 3.8) is 0 Å². The third-order valence-electron chi connectivity index (χ3n) is 3.31. The van der Waals surface area contributed by atoms with Gasteiger partial charge in [0.25, 0.3) is 0 Å². The number of halogens is 1. The maximum Gasteiger partial charge on any atom is 0.240 e. The Kier molecular flexibility index (Phi) is 5.14. The van der Waals surface area contributed by atoms with E-state index in [1.54, 1.807) is 0 Å². The summed E-state index contributed by atoms with van der Waals surface area (Å²) in [6, 6.07) is 6.87. The Hall–Kier alpha value is -1.40. The summed E-state index contributed by atoms with van der Waals surface area (Å²) < 4.78 is 6.13. The van der Waals surface area contributed by atoms with Gasteiger partial charge in [-0.1, -0.05) is 28.1 Å². The molecule has 3 N–H and O–H groups in total. The second-order valence-corrected chi connectivity index (χ2v) is 5.77. The molecule has 0 saturated carbocycles. The lowest BCUT2D eigenvalue weighted by molar-refractivity contribution is -0.129. The summed E-state index contributed by atoms with van der Waals surface area (Å²) in [5, 5.41) is 2.72. The van der Waals surface area contributed by atoms with Crippen molar-refractivity contribution < 1.29 is 14.3 Å². The number of hydrogen-bond acceptors (Lipinski definition) is 3. The third kappa shape index (κ3) is 4.05. The van der Waals surface area contributed by atoms with Gasteiger partial charge in [0.1, 0.15) is 6.04 Å². The molecule has 0 aromatic heterocycles. The monoisotopic (exact) mass is 340 g/mol. The second kappa shape index (κ2) is 6.85. The number of rotatable bonds is 5. The van der Waals surface area contributed by atoms with Crippen LogP contribution >= 0.6 is 15.9 Å². The summed E-state index contributed by atoms with van der Waals surface area (Å²) in [7, 11) is 0. The van der Waals surface area contributed by atoms with E-state index in [0.29, 0.717) is 26.1 Å². The van der Waals surface area contributed by atoms with Gasteiger partial charge < -0.3 is 15.8 Å². The number of hydrogen-bond donors (Lipinski definition) is 2. The molecule has 1 fully saturated rings. The first-order valence-corrected chi connectivity index (χ1v) is 7.27. The van der Waals surface area contributed by atoms with Crippen LogP contribution in [0.5, 0.6) is 0 Å². The van der Waals surface area contributed by atoms with E-state index in [1.807, 2.05) is 24.3 Å². The van der Waals surface area contributed by atoms with E-state index in [0.717, 1.165) is 10.0 Å². The number of primary amides is 1. The average molecular weight is 341 g/mol. The highest BCUT2D eigenvalue weighted by molar-refractivity contribution is 9.10. The molecule has 1 heterocycles. The molecule has 2 atom stereocenters. The van der Waals surface area contributed by atoms with Crippen LogP contribution in [-0.2, 0) is 20.7 Å². The first-order chi connectivity index (χ1) is 9.56. The van der Waals surface area contributed by atoms with E-state index < -0.39 is 11.9 Å². The quantitative estimate of drug-likeness (QED) is 0.838. The Balaban J connectivity index is 1.98. The van der Waals surface area contributed by atoms with Crippen LogP contribution in [0.3, 0.4) is 0 Å². The van der Waals surface area contributed by atoms with E-state index in [9.17, 15) is 9.59 Å². The van der Waals surface area contributed by atoms with Crippen LogP contribution in [0.2, 0.25) is 0 Å². The summed E-state index contributed by atoms with van der Waals surface area (Å²) in [5.41, 5.74) is 6.31. The molecule has 2 rings (SSSR count). The maximum absolute atomic E-state index is 12.0. The minimum atomic E-state index is -0.690. The van der Waals surface area contributed by atoms with Gasteiger partial charge in [-0.3, -0.25) is 9.59 Å². The molecule has 1 aromatic rings. The van der Waals surface area contributed by atoms with Gasteiger partial charge in [-0.15, -0.1) is 0 Å². The zero-order valence-corrected chi connectivity index (χ0v) is 12.6. The van der Waals surface area contributed by atoms with Gasteiger partial charge in [0.15, 0.2) is 0 Å². The summed E-state index contributed by atoms with van der Waals surface area (Å²) in [6.45, 7) is 1.00. The number of nitrogens with one attached hydrogen (secondary N) is 1. The summed E-state index contributed by atoms with van der Waals surface area (Å²) >= 11 is 3.35. The van der Waals surface area contributed by atoms with Crippen molar-refractivity contribution in [3.05, 3.63) is 34.3 Å². The predicted molar refractivity (Wildman–Crippen MR) is 77.9 cm³/mol. The van der Waals surface area contributed by atoms with E-state index in [-0.39, 0.29) is 11.8 Å². The standard InChI is InChI=1S/C14H17BrN2O3/c15-11-3-1-9(2-4-11)7-12(13(16)18)17-14(19)10-5-6-20-8-10/h1-4,10,12H,5-8H2,(H2,16,18)(H,17,19)/t10-,12+/m0/s1. The lowest BCUT2D eigenvalue weighted by atomic mass is 10.0. The smallest absolute Gasteiger partial charge is 0.240 e. The molecule has 2 amide bonds. The molecule has 0 radical (unpaired) electrons. The maximum atomic E-state index is 12.0. The lowest BCUT2D eigenvalue weighted by Crippen LogP contribution is -2.48. The Labute approximate surface area is 126 Å². The van der Waals surface area contributed by atoms with Crippen molar-refractivity contribution in [2.24, 2.45) is 11.7 Å². The Bertz CT molecular complexity index is 484. The topological polar surface area (TPSA) is 81.4 Å². The number of ether oxygens (including phenoxy) is 1. The summed E-state index contributed by atoms with van der Waals surface area (Å²) in [5.74, 6) is -0.870. The molecule has 1 saturated heterocycles. The Morgan fingerprint density at radius 3 is 2.65 bits per heavy atom. The van der Waals surface area contributed by atoms with Crippen LogP contribution in [-0.4, -0.2) is 31.1 Å². The normalized spacial score (nSPS) is 19.6. The van der Waals surface area contributed by atoms with Crippen LogP contribution in [0.25, 0.3) is 0 Å². The number of carbonyl (C=O) groups excluding carboxylic acids is 2. The van der Waals surface area contributed by atoms with Crippen molar-refractivity contribution in [2.45, 2.75) is 18.9 Å². The molecule has 5 nitrogen and oxygen atoms in total. The van der Waals surface area contributed by atoms with Gasteiger partial charge in [-0.05, 0) is 24.1 Å². The third-order valence-corrected chi connectivity index (χ3v) is 3.84. The van der Waals surface area contributed by atoms with Crippen LogP contribution < -0.4 is 11.1 Å². The van der Waals surface area contributed by atoms with Gasteiger partial charge in [0.2, 0.25) is 11.8 Å². The molecule has 108 valence electrons. The minimum Gasteiger partial charge on any atom is -0.381 e. The summed E-state index contributed by atoms with van der Waals surface area (Å²) in [4.78, 5) is 23.5. The van der Waals surface area contributed by atoms with Gasteiger partial charge in [0, 0.05) is 17.5 Å². The molecule has 1 aromatic carbocycles. The van der Waals surface area contributed by atoms with E-state index >= 15 is 0 Å². The van der Waals surface area contributed by atoms with Gasteiger partial charge in [-0.2, -0.15) is 0 Å². The highest BCUT2D eigenvalue weighted by Gasteiger charge is 2.27. The van der Waals surface area contributed by atoms with Crippen molar-refractivity contribution >= 4 is 27.7 Å². The van der Waals surface area contributed by atoms with Crippen LogP contribution in [0.1, 0.15) is 12.0 Å². The van der Waals surface area contributed by atoms with E-state index in [4.69, 9.17) is 10.5 Å². The number of benzene rings is 1. The van der Waals surface area contributed by atoms with Gasteiger partial charge >= 0.3 is 0 Å². The average Bonchev–Trinajstić information content (AvgIpc) is 2.94. The van der Waals surface area contributed by atoms with Crippen LogP contribution in [0, 0.1) is 5.92 Å². The molecule has 0 unspecified atom stereocenters. The van der Waals surface area contributed by atoms with E-state index in [1.165, 1.54) is 0 Å². The molecule has 20 heavy (non-hydrogen) atoms. The van der Waals surface area contributed by atoms with Gasteiger partial charge in [0.05, 0.1) is 12.5 Å². The zero-order valence-electron chi connectivity index (χ0n) is 11.0. The Morgan fingerprint density at radius 2 is 2.10 bits per heavy atom. The van der Waals surface area contributed by atoms with Gasteiger partial charge in [-0.25, -0.2) is 0 Å². The molecule has 6 heteroatoms. The number of nitrogens with two attached hydrogens (primary N) is 1. The Morgan fingerprint density at radius 1 is 1.40 bits per heavy atom. The largest absolute Gasteiger partial charge is 0.381 e. The number of amides is 2. The first-order valence-electron chi connectivity index (χ1n) is 6.48.